The monoisotopic (exact) mass is 379 g/mol. The number of halogens is 1. The highest BCUT2D eigenvalue weighted by atomic mass is 19.1. The van der Waals surface area contributed by atoms with Gasteiger partial charge in [-0.05, 0) is 49.8 Å². The van der Waals surface area contributed by atoms with Crippen molar-refractivity contribution in [2.75, 3.05) is 12.0 Å². The zero-order valence-corrected chi connectivity index (χ0v) is 15.7. The summed E-state index contributed by atoms with van der Waals surface area (Å²) < 4.78 is 18.4. The van der Waals surface area contributed by atoms with Gasteiger partial charge in [0.2, 0.25) is 0 Å². The van der Waals surface area contributed by atoms with Crippen LogP contribution in [0.25, 0.3) is 6.08 Å². The molecule has 0 aromatic heterocycles. The Bertz CT molecular complexity index is 1050. The summed E-state index contributed by atoms with van der Waals surface area (Å²) in [5.41, 5.74) is 1.92. The van der Waals surface area contributed by atoms with E-state index >= 15 is 0 Å². The Labute approximate surface area is 161 Å². The number of hydrogen-bond donors (Lipinski definition) is 0. The average Bonchev–Trinajstić information content (AvgIpc) is 2.91. The summed E-state index contributed by atoms with van der Waals surface area (Å²) in [4.78, 5) is 38.6. The van der Waals surface area contributed by atoms with Gasteiger partial charge in [0.25, 0.3) is 5.91 Å². The van der Waals surface area contributed by atoms with E-state index in [2.05, 4.69) is 0 Å². The van der Waals surface area contributed by atoms with E-state index in [1.807, 2.05) is 0 Å². The van der Waals surface area contributed by atoms with Crippen molar-refractivity contribution in [3.63, 3.8) is 0 Å². The van der Waals surface area contributed by atoms with Crippen LogP contribution in [0.1, 0.15) is 29.8 Å². The van der Waals surface area contributed by atoms with Crippen molar-refractivity contribution in [1.29, 1.82) is 0 Å². The second-order valence-corrected chi connectivity index (χ2v) is 6.31. The summed E-state index contributed by atoms with van der Waals surface area (Å²) in [7, 11) is 1.23. The molecule has 0 saturated carbocycles. The third kappa shape index (κ3) is 3.49. The van der Waals surface area contributed by atoms with Crippen LogP contribution in [-0.4, -0.2) is 24.8 Å². The zero-order chi connectivity index (χ0) is 20.4. The molecular weight excluding hydrogens is 361 g/mol. The number of esters is 1. The van der Waals surface area contributed by atoms with Gasteiger partial charge in [-0.25, -0.2) is 9.18 Å². The molecular formula is C22H18FNO4. The molecule has 0 aliphatic carbocycles. The van der Waals surface area contributed by atoms with Crippen LogP contribution in [0.3, 0.4) is 0 Å². The smallest absolute Gasteiger partial charge is 0.340 e. The zero-order valence-electron chi connectivity index (χ0n) is 15.7. The van der Waals surface area contributed by atoms with Gasteiger partial charge in [0.1, 0.15) is 5.82 Å². The fourth-order valence-electron chi connectivity index (χ4n) is 3.12. The summed E-state index contributed by atoms with van der Waals surface area (Å²) in [5.74, 6) is -1.72. The molecule has 1 heterocycles. The maximum atomic E-state index is 13.5. The first-order valence-electron chi connectivity index (χ1n) is 8.55. The molecule has 0 radical (unpaired) electrons. The Morgan fingerprint density at radius 3 is 2.46 bits per heavy atom. The molecule has 0 saturated heterocycles. The first-order chi connectivity index (χ1) is 13.3. The number of ketones is 1. The molecule has 1 amide bonds. The largest absolute Gasteiger partial charge is 0.465 e. The number of nitrogens with zero attached hydrogens (tertiary/aromatic N) is 1. The fourth-order valence-corrected chi connectivity index (χ4v) is 3.12. The Hall–Kier alpha value is -3.54. The first-order valence-corrected chi connectivity index (χ1v) is 8.55. The normalized spacial score (nSPS) is 15.4. The van der Waals surface area contributed by atoms with E-state index in [1.165, 1.54) is 43.2 Å². The van der Waals surface area contributed by atoms with Gasteiger partial charge in [-0.1, -0.05) is 24.3 Å². The molecule has 28 heavy (non-hydrogen) atoms. The Morgan fingerprint density at radius 1 is 1.11 bits per heavy atom. The molecule has 0 spiro atoms. The number of rotatable bonds is 4. The van der Waals surface area contributed by atoms with E-state index in [1.54, 1.807) is 37.3 Å². The summed E-state index contributed by atoms with van der Waals surface area (Å²) in [6.45, 7) is 3.06. The SMILES string of the molecule is COC(=O)C1=C(C)N(c2cccc(C(C)=O)c2)C(=O)/C1=C\c1cccc(F)c1. The summed E-state index contributed by atoms with van der Waals surface area (Å²) >= 11 is 0. The topological polar surface area (TPSA) is 63.7 Å². The fraction of sp³-hybridized carbons (Fsp3) is 0.136. The number of carbonyl (C=O) groups excluding carboxylic acids is 3. The number of benzene rings is 2. The van der Waals surface area contributed by atoms with E-state index in [0.717, 1.165) is 0 Å². The van der Waals surface area contributed by atoms with E-state index in [9.17, 15) is 18.8 Å². The molecule has 1 aliphatic heterocycles. The predicted octanol–water partition coefficient (Wildman–Crippen LogP) is 3.91. The molecule has 1 aliphatic rings. The van der Waals surface area contributed by atoms with E-state index in [-0.39, 0.29) is 16.9 Å². The molecule has 0 atom stereocenters. The van der Waals surface area contributed by atoms with Crippen LogP contribution in [0.15, 0.2) is 65.4 Å². The lowest BCUT2D eigenvalue weighted by Gasteiger charge is -2.18. The van der Waals surface area contributed by atoms with Crippen LogP contribution in [0.5, 0.6) is 0 Å². The van der Waals surface area contributed by atoms with Crippen molar-refractivity contribution in [2.45, 2.75) is 13.8 Å². The van der Waals surface area contributed by atoms with Crippen LogP contribution in [0.4, 0.5) is 10.1 Å². The lowest BCUT2D eigenvalue weighted by molar-refractivity contribution is -0.136. The number of allylic oxidation sites excluding steroid dienone is 1. The Morgan fingerprint density at radius 2 is 1.82 bits per heavy atom. The maximum absolute atomic E-state index is 13.5. The number of amides is 1. The van der Waals surface area contributed by atoms with Gasteiger partial charge < -0.3 is 4.74 Å². The van der Waals surface area contributed by atoms with Gasteiger partial charge in [0.15, 0.2) is 5.78 Å². The van der Waals surface area contributed by atoms with Crippen LogP contribution in [-0.2, 0) is 14.3 Å². The van der Waals surface area contributed by atoms with Crippen LogP contribution in [0.2, 0.25) is 0 Å². The first kappa shape index (κ1) is 19.2. The lowest BCUT2D eigenvalue weighted by atomic mass is 10.0. The van der Waals surface area contributed by atoms with Crippen molar-refractivity contribution in [2.24, 2.45) is 0 Å². The number of hydrogen-bond acceptors (Lipinski definition) is 4. The molecule has 0 fully saturated rings. The second-order valence-electron chi connectivity index (χ2n) is 6.31. The number of ether oxygens (including phenoxy) is 1. The third-order valence-corrected chi connectivity index (χ3v) is 4.46. The van der Waals surface area contributed by atoms with Crippen LogP contribution < -0.4 is 4.90 Å². The van der Waals surface area contributed by atoms with Crippen molar-refractivity contribution < 1.29 is 23.5 Å². The van der Waals surface area contributed by atoms with Crippen LogP contribution >= 0.6 is 0 Å². The molecule has 0 bridgehead atoms. The van der Waals surface area contributed by atoms with Crippen molar-refractivity contribution in [3.05, 3.63) is 82.3 Å². The molecule has 2 aromatic carbocycles. The van der Waals surface area contributed by atoms with Gasteiger partial charge in [-0.3, -0.25) is 14.5 Å². The van der Waals surface area contributed by atoms with E-state index in [0.29, 0.717) is 22.5 Å². The maximum Gasteiger partial charge on any atom is 0.340 e. The Kier molecular flexibility index (Phi) is 5.22. The number of anilines is 1. The molecule has 142 valence electrons. The number of carbonyl (C=O) groups is 3. The lowest BCUT2D eigenvalue weighted by Crippen LogP contribution is -2.24. The summed E-state index contributed by atoms with van der Waals surface area (Å²) in [6.07, 6.45) is 1.45. The predicted molar refractivity (Wildman–Crippen MR) is 103 cm³/mol. The molecule has 0 unspecified atom stereocenters. The summed E-state index contributed by atoms with van der Waals surface area (Å²) in [6, 6.07) is 12.3. The van der Waals surface area contributed by atoms with Crippen molar-refractivity contribution in [3.8, 4) is 0 Å². The van der Waals surface area contributed by atoms with Gasteiger partial charge in [0, 0.05) is 16.9 Å². The second kappa shape index (κ2) is 7.60. The van der Waals surface area contributed by atoms with Gasteiger partial charge >= 0.3 is 5.97 Å². The summed E-state index contributed by atoms with van der Waals surface area (Å²) in [5, 5.41) is 0. The van der Waals surface area contributed by atoms with Crippen LogP contribution in [0, 0.1) is 5.82 Å². The quantitative estimate of drug-likeness (QED) is 0.459. The van der Waals surface area contributed by atoms with Gasteiger partial charge in [-0.15, -0.1) is 0 Å². The third-order valence-electron chi connectivity index (χ3n) is 4.46. The number of methoxy groups -OCH3 is 1. The highest BCUT2D eigenvalue weighted by Gasteiger charge is 2.38. The highest BCUT2D eigenvalue weighted by molar-refractivity contribution is 6.24. The minimum Gasteiger partial charge on any atom is -0.465 e. The van der Waals surface area contributed by atoms with Crippen molar-refractivity contribution >= 4 is 29.4 Å². The molecule has 0 N–H and O–H groups in total. The van der Waals surface area contributed by atoms with Gasteiger partial charge in [0.05, 0.1) is 18.3 Å². The molecule has 3 rings (SSSR count). The standard InChI is InChI=1S/C22H18FNO4/c1-13-20(22(27)28-3)19(11-15-6-4-8-17(23)10-15)21(26)24(13)18-9-5-7-16(12-18)14(2)25/h4-12H,1-3H3/b19-11-. The number of Topliss-reactive ketones (excluding diaryl/α,β-unsaturated/α-hetero) is 1. The molecule has 2 aromatic rings. The highest BCUT2D eigenvalue weighted by Crippen LogP contribution is 2.35. The minimum atomic E-state index is -0.668. The van der Waals surface area contributed by atoms with E-state index < -0.39 is 17.7 Å². The average molecular weight is 379 g/mol. The van der Waals surface area contributed by atoms with Gasteiger partial charge in [-0.2, -0.15) is 0 Å². The van der Waals surface area contributed by atoms with Crippen molar-refractivity contribution in [1.82, 2.24) is 0 Å². The van der Waals surface area contributed by atoms with E-state index in [4.69, 9.17) is 4.74 Å². The molecule has 5 nitrogen and oxygen atoms in total. The Balaban J connectivity index is 2.15. The molecule has 6 heteroatoms. The minimum absolute atomic E-state index is 0.100.